The van der Waals surface area contributed by atoms with Crippen LogP contribution in [0.5, 0.6) is 5.75 Å². The molecular weight excluding hydrogens is 298 g/mol. The molecule has 1 aromatic carbocycles. The molecule has 0 bridgehead atoms. The zero-order valence-corrected chi connectivity index (χ0v) is 14.3. The van der Waals surface area contributed by atoms with Gasteiger partial charge in [-0.3, -0.25) is 4.79 Å². The Morgan fingerprint density at radius 2 is 1.82 bits per heavy atom. The van der Waals surface area contributed by atoms with Crippen molar-refractivity contribution in [2.45, 2.75) is 39.5 Å². The average molecular weight is 324 g/mol. The van der Waals surface area contributed by atoms with Crippen molar-refractivity contribution in [2.75, 3.05) is 26.2 Å². The summed E-state index contributed by atoms with van der Waals surface area (Å²) in [5.74, 6) is 1.21. The number of carbonyl (C=O) groups is 1. The first-order valence-electron chi connectivity index (χ1n) is 8.27. The molecule has 1 aromatic rings. The van der Waals surface area contributed by atoms with Gasteiger partial charge in [0.1, 0.15) is 5.75 Å². The third-order valence-electron chi connectivity index (χ3n) is 5.05. The van der Waals surface area contributed by atoms with Gasteiger partial charge in [0.2, 0.25) is 0 Å². The smallest absolute Gasteiger partial charge is 0.175 e. The topological polar surface area (TPSA) is 30.7 Å². The molecule has 22 heavy (non-hydrogen) atoms. The summed E-state index contributed by atoms with van der Waals surface area (Å²) in [5.41, 5.74) is 3.18. The molecule has 1 saturated heterocycles. The number of rotatable bonds is 2. The largest absolute Gasteiger partial charge is 1.00 e. The van der Waals surface area contributed by atoms with Crippen LogP contribution >= 0.6 is 0 Å². The lowest BCUT2D eigenvalue weighted by Gasteiger charge is -2.26. The van der Waals surface area contributed by atoms with E-state index in [0.717, 1.165) is 24.3 Å². The lowest BCUT2D eigenvalue weighted by atomic mass is 9.92. The number of carbonyl (C=O) groups excluding carboxylic acids is 1. The normalized spacial score (nSPS) is 22.3. The van der Waals surface area contributed by atoms with E-state index in [0.29, 0.717) is 12.4 Å². The molecule has 3 rings (SSSR count). The number of nitrogens with one attached hydrogen (secondary N) is 1. The minimum atomic E-state index is 0. The van der Waals surface area contributed by atoms with Crippen LogP contribution in [0, 0.1) is 19.8 Å². The highest BCUT2D eigenvalue weighted by atomic mass is 35.5. The van der Waals surface area contributed by atoms with Gasteiger partial charge in [-0.05, 0) is 62.8 Å². The van der Waals surface area contributed by atoms with E-state index in [1.54, 1.807) is 4.90 Å². The van der Waals surface area contributed by atoms with E-state index in [2.05, 4.69) is 13.8 Å². The summed E-state index contributed by atoms with van der Waals surface area (Å²) in [5, 5.41) is 0. The fourth-order valence-electron chi connectivity index (χ4n) is 3.56. The molecule has 3 nitrogen and oxygen atoms in total. The van der Waals surface area contributed by atoms with Crippen molar-refractivity contribution in [3.05, 3.63) is 28.8 Å². The molecule has 1 N–H and O–H groups in total. The molecule has 2 aliphatic heterocycles. The van der Waals surface area contributed by atoms with Crippen LogP contribution in [0.4, 0.5) is 0 Å². The summed E-state index contributed by atoms with van der Waals surface area (Å²) in [6.45, 7) is 8.24. The monoisotopic (exact) mass is 323 g/mol. The molecule has 0 aromatic heterocycles. The molecule has 0 aliphatic carbocycles. The number of hydrogen-bond donors (Lipinski definition) is 1. The molecule has 1 atom stereocenters. The second kappa shape index (κ2) is 7.47. The van der Waals surface area contributed by atoms with Crippen molar-refractivity contribution in [2.24, 2.45) is 5.92 Å². The fourth-order valence-corrected chi connectivity index (χ4v) is 3.56. The third-order valence-corrected chi connectivity index (χ3v) is 5.05. The molecule has 0 saturated carbocycles. The van der Waals surface area contributed by atoms with E-state index in [-0.39, 0.29) is 18.3 Å². The molecule has 122 valence electrons. The van der Waals surface area contributed by atoms with Gasteiger partial charge in [0.25, 0.3) is 0 Å². The molecule has 2 heterocycles. The Bertz CT molecular complexity index is 538. The molecular formula is C18H26ClNO2. The van der Waals surface area contributed by atoms with Crippen molar-refractivity contribution in [1.82, 2.24) is 0 Å². The van der Waals surface area contributed by atoms with Gasteiger partial charge in [0.05, 0.1) is 37.7 Å². The predicted octanol–water partition coefficient (Wildman–Crippen LogP) is -1.04. The van der Waals surface area contributed by atoms with E-state index in [9.17, 15) is 4.79 Å². The number of halogens is 1. The standard InChI is InChI=1S/C18H25NO2.ClH/c1-13-10-16-17(11-14(13)2)21-9-6-15(18(16)20)12-19-7-4-3-5-8-19;/h10-11,15H,3-9,12H2,1-2H3;1H. The van der Waals surface area contributed by atoms with Crippen LogP contribution in [0.1, 0.15) is 47.2 Å². The molecule has 1 unspecified atom stereocenters. The van der Waals surface area contributed by atoms with Gasteiger partial charge in [-0.25, -0.2) is 0 Å². The first kappa shape index (κ1) is 17.3. The Morgan fingerprint density at radius 1 is 1.14 bits per heavy atom. The molecule has 4 heteroatoms. The second-order valence-electron chi connectivity index (χ2n) is 6.65. The number of piperidine rings is 1. The Morgan fingerprint density at radius 3 is 2.55 bits per heavy atom. The average Bonchev–Trinajstić information content (AvgIpc) is 2.62. The van der Waals surface area contributed by atoms with E-state index in [1.165, 1.54) is 43.5 Å². The maximum atomic E-state index is 12.9. The van der Waals surface area contributed by atoms with Gasteiger partial charge in [-0.15, -0.1) is 0 Å². The minimum Gasteiger partial charge on any atom is -1.00 e. The SMILES string of the molecule is Cc1cc2c(cc1C)C(=O)C(C[NH+]1CCCCC1)CCO2.[Cl-]. The maximum absolute atomic E-state index is 12.9. The van der Waals surface area contributed by atoms with Crippen LogP contribution < -0.4 is 22.0 Å². The summed E-state index contributed by atoms with van der Waals surface area (Å²) in [6, 6.07) is 4.05. The Hall–Kier alpha value is -1.06. The van der Waals surface area contributed by atoms with Gasteiger partial charge in [0.15, 0.2) is 5.78 Å². The van der Waals surface area contributed by atoms with E-state index in [4.69, 9.17) is 4.74 Å². The van der Waals surface area contributed by atoms with Crippen LogP contribution in [0.2, 0.25) is 0 Å². The highest BCUT2D eigenvalue weighted by Crippen LogP contribution is 2.29. The van der Waals surface area contributed by atoms with Crippen molar-refractivity contribution in [1.29, 1.82) is 0 Å². The molecule has 1 fully saturated rings. The van der Waals surface area contributed by atoms with Crippen LogP contribution in [0.25, 0.3) is 0 Å². The zero-order valence-electron chi connectivity index (χ0n) is 13.6. The number of aryl methyl sites for hydroxylation is 2. The quantitative estimate of drug-likeness (QED) is 0.753. The van der Waals surface area contributed by atoms with Crippen LogP contribution in [0.3, 0.4) is 0 Å². The zero-order chi connectivity index (χ0) is 14.8. The van der Waals surface area contributed by atoms with Crippen molar-refractivity contribution >= 4 is 5.78 Å². The first-order chi connectivity index (χ1) is 10.1. The fraction of sp³-hybridized carbons (Fsp3) is 0.611. The van der Waals surface area contributed by atoms with Crippen LogP contribution in [-0.2, 0) is 0 Å². The maximum Gasteiger partial charge on any atom is 0.175 e. The number of quaternary nitrogens is 1. The molecule has 0 radical (unpaired) electrons. The molecule has 0 spiro atoms. The molecule has 2 aliphatic rings. The van der Waals surface area contributed by atoms with E-state index >= 15 is 0 Å². The Kier molecular flexibility index (Phi) is 5.87. The number of likely N-dealkylation sites (tertiary alicyclic amines) is 1. The molecule has 0 amide bonds. The van der Waals surface area contributed by atoms with Crippen molar-refractivity contribution in [3.8, 4) is 5.75 Å². The predicted molar refractivity (Wildman–Crippen MR) is 83.3 cm³/mol. The van der Waals surface area contributed by atoms with Crippen LogP contribution in [-0.4, -0.2) is 32.0 Å². The summed E-state index contributed by atoms with van der Waals surface area (Å²) < 4.78 is 5.84. The number of ketones is 1. The third kappa shape index (κ3) is 3.64. The van der Waals surface area contributed by atoms with Crippen molar-refractivity contribution in [3.63, 3.8) is 0 Å². The lowest BCUT2D eigenvalue weighted by molar-refractivity contribution is -0.907. The first-order valence-corrected chi connectivity index (χ1v) is 8.27. The minimum absolute atomic E-state index is 0. The highest BCUT2D eigenvalue weighted by Gasteiger charge is 2.30. The number of fused-ring (bicyclic) bond motifs is 1. The van der Waals surface area contributed by atoms with Gasteiger partial charge in [-0.1, -0.05) is 0 Å². The van der Waals surface area contributed by atoms with E-state index in [1.807, 2.05) is 12.1 Å². The van der Waals surface area contributed by atoms with Crippen LogP contribution in [0.15, 0.2) is 12.1 Å². The van der Waals surface area contributed by atoms with E-state index < -0.39 is 0 Å². The summed E-state index contributed by atoms with van der Waals surface area (Å²) >= 11 is 0. The van der Waals surface area contributed by atoms with Gasteiger partial charge in [0, 0.05) is 0 Å². The number of Topliss-reactive ketones (excluding diaryl/α,β-unsaturated/α-hetero) is 1. The summed E-state index contributed by atoms with van der Waals surface area (Å²) in [4.78, 5) is 14.5. The number of hydrogen-bond acceptors (Lipinski definition) is 2. The summed E-state index contributed by atoms with van der Waals surface area (Å²) in [6.07, 6.45) is 4.82. The highest BCUT2D eigenvalue weighted by molar-refractivity contribution is 6.01. The van der Waals surface area contributed by atoms with Crippen molar-refractivity contribution < 1.29 is 26.8 Å². The Labute approximate surface area is 139 Å². The number of benzene rings is 1. The number of ether oxygens (including phenoxy) is 1. The second-order valence-corrected chi connectivity index (χ2v) is 6.65. The van der Waals surface area contributed by atoms with Gasteiger partial charge >= 0.3 is 0 Å². The van der Waals surface area contributed by atoms with Gasteiger partial charge < -0.3 is 22.0 Å². The van der Waals surface area contributed by atoms with Gasteiger partial charge in [-0.2, -0.15) is 0 Å². The Balaban J connectivity index is 0.00000176. The lowest BCUT2D eigenvalue weighted by Crippen LogP contribution is -3.13. The summed E-state index contributed by atoms with van der Waals surface area (Å²) in [7, 11) is 0.